The fraction of sp³-hybridized carbons (Fsp3) is 0.400. The molecule has 0 bridgehead atoms. The van der Waals surface area contributed by atoms with Crippen molar-refractivity contribution >= 4 is 16.9 Å². The van der Waals surface area contributed by atoms with Crippen LogP contribution in [0.15, 0.2) is 35.2 Å². The first kappa shape index (κ1) is 18.6. The smallest absolute Gasteiger partial charge is 0.285 e. The molecule has 0 radical (unpaired) electrons. The molecule has 0 spiro atoms. The molecule has 0 N–H and O–H groups in total. The molecule has 2 rings (SSSR count). The van der Waals surface area contributed by atoms with Crippen LogP contribution in [-0.4, -0.2) is 38.0 Å². The Balaban J connectivity index is 2.80. The average Bonchev–Trinajstić information content (AvgIpc) is 3.02. The van der Waals surface area contributed by atoms with Crippen LogP contribution in [0.25, 0.3) is 0 Å². The van der Waals surface area contributed by atoms with Gasteiger partial charge in [-0.05, 0) is 0 Å². The van der Waals surface area contributed by atoms with Crippen LogP contribution in [0.2, 0.25) is 0 Å². The van der Waals surface area contributed by atoms with Crippen molar-refractivity contribution in [3.63, 3.8) is 0 Å². The lowest BCUT2D eigenvalue weighted by molar-refractivity contribution is -0.253. The lowest BCUT2D eigenvalue weighted by Crippen LogP contribution is -2.54. The summed E-state index contributed by atoms with van der Waals surface area (Å²) in [6.45, 7) is 0. The van der Waals surface area contributed by atoms with E-state index < -0.39 is 51.7 Å². The highest BCUT2D eigenvalue weighted by Crippen LogP contribution is 2.61. The highest BCUT2D eigenvalue weighted by molar-refractivity contribution is 8.15. The van der Waals surface area contributed by atoms with Gasteiger partial charge in [-0.15, -0.1) is 0 Å². The molecule has 0 aliphatic carbocycles. The number of hydrogen-bond acceptors (Lipinski definition) is 3. The molecule has 3 nitrogen and oxygen atoms in total. The molecule has 24 heavy (non-hydrogen) atoms. The highest BCUT2D eigenvalue weighted by Gasteiger charge is 2.78. The van der Waals surface area contributed by atoms with Gasteiger partial charge in [-0.3, -0.25) is 4.57 Å². The third-order valence-electron chi connectivity index (χ3n) is 2.77. The minimum absolute atomic E-state index is 0.507. The number of alkyl halides is 9. The second kappa shape index (κ2) is 5.39. The normalized spacial score (nSPS) is 21.0. The summed E-state index contributed by atoms with van der Waals surface area (Å²) < 4.78 is 125. The lowest BCUT2D eigenvalue weighted by atomic mass is 10.0. The first-order chi connectivity index (χ1) is 10.7. The van der Waals surface area contributed by atoms with Gasteiger partial charge < -0.3 is 0 Å². The van der Waals surface area contributed by atoms with E-state index in [0.717, 1.165) is 12.4 Å². The van der Waals surface area contributed by atoms with Crippen LogP contribution in [0.5, 0.6) is 0 Å². The molecule has 134 valence electrons. The third kappa shape index (κ3) is 2.75. The Bertz CT molecular complexity index is 665. The number of rotatable bonds is 0. The Hall–Kier alpha value is -1.73. The number of aliphatic imine (C=N–C) groups is 1. The van der Waals surface area contributed by atoms with E-state index in [0.29, 0.717) is 10.9 Å². The van der Waals surface area contributed by atoms with E-state index in [1.165, 1.54) is 0 Å². The molecule has 1 aliphatic heterocycles. The standard InChI is InChI=1S/C10H3F10N3S/c11-4(8(12,13)14)5-7(9(15,16)17,10(18,19)20)24-6(22-5)23-2-1-21-3-23/h1-3H. The predicted octanol–water partition coefficient (Wildman–Crippen LogP) is 4.44. The number of allylic oxidation sites excluding steroid dienone is 1. The largest absolute Gasteiger partial charge is 0.444 e. The maximum Gasteiger partial charge on any atom is 0.444 e. The van der Waals surface area contributed by atoms with E-state index >= 15 is 0 Å². The number of aromatic nitrogens is 2. The van der Waals surface area contributed by atoms with Gasteiger partial charge in [0, 0.05) is 12.4 Å². The lowest BCUT2D eigenvalue weighted by Gasteiger charge is -2.33. The monoisotopic (exact) mass is 387 g/mol. The van der Waals surface area contributed by atoms with Gasteiger partial charge in [-0.2, -0.15) is 43.9 Å². The quantitative estimate of drug-likeness (QED) is 0.617. The average molecular weight is 387 g/mol. The molecule has 1 aromatic rings. The topological polar surface area (TPSA) is 30.2 Å². The van der Waals surface area contributed by atoms with Crippen molar-refractivity contribution in [2.24, 2.45) is 4.99 Å². The van der Waals surface area contributed by atoms with Crippen molar-refractivity contribution < 1.29 is 43.9 Å². The summed E-state index contributed by atoms with van der Waals surface area (Å²) in [5, 5.41) is -1.16. The summed E-state index contributed by atoms with van der Waals surface area (Å²) in [6, 6.07) is 0. The van der Waals surface area contributed by atoms with E-state index in [9.17, 15) is 43.9 Å². The zero-order chi connectivity index (χ0) is 18.6. The van der Waals surface area contributed by atoms with Crippen molar-refractivity contribution in [1.82, 2.24) is 9.55 Å². The van der Waals surface area contributed by atoms with Crippen molar-refractivity contribution in [3.8, 4) is 0 Å². The van der Waals surface area contributed by atoms with Crippen molar-refractivity contribution in [3.05, 3.63) is 30.2 Å². The molecular weight excluding hydrogens is 384 g/mol. The molecule has 1 aliphatic rings. The van der Waals surface area contributed by atoms with Crippen molar-refractivity contribution in [2.75, 3.05) is 0 Å². The molecule has 0 fully saturated rings. The van der Waals surface area contributed by atoms with Crippen LogP contribution in [0.3, 0.4) is 0 Å². The Morgan fingerprint density at radius 1 is 1.00 bits per heavy atom. The molecule has 0 saturated carbocycles. The number of imidazole rings is 1. The number of halogens is 10. The van der Waals surface area contributed by atoms with E-state index in [1.54, 1.807) is 0 Å². The van der Waals surface area contributed by atoms with Crippen molar-refractivity contribution in [2.45, 2.75) is 23.3 Å². The zero-order valence-corrected chi connectivity index (χ0v) is 11.6. The number of nitrogens with zero attached hydrogens (tertiary/aromatic N) is 3. The van der Waals surface area contributed by atoms with Gasteiger partial charge in [-0.25, -0.2) is 9.98 Å². The van der Waals surface area contributed by atoms with Gasteiger partial charge in [0.05, 0.1) is 0 Å². The van der Waals surface area contributed by atoms with E-state index in [-0.39, 0.29) is 0 Å². The predicted molar refractivity (Wildman–Crippen MR) is 61.7 cm³/mol. The van der Waals surface area contributed by atoms with Gasteiger partial charge in [0.25, 0.3) is 4.75 Å². The summed E-state index contributed by atoms with van der Waals surface area (Å²) in [6.07, 6.45) is -16.2. The van der Waals surface area contributed by atoms with Crippen LogP contribution in [0.4, 0.5) is 43.9 Å². The summed E-state index contributed by atoms with van der Waals surface area (Å²) in [5.74, 6) is -3.57. The fourth-order valence-corrected chi connectivity index (χ4v) is 2.84. The maximum atomic E-state index is 13.4. The SMILES string of the molecule is FC(=C1N=C(n2ccnc2)SC1(C(F)(F)F)C(F)(F)F)C(F)(F)F. The minimum Gasteiger partial charge on any atom is -0.285 e. The van der Waals surface area contributed by atoms with Crippen LogP contribution in [0, 0.1) is 0 Å². The second-order valence-electron chi connectivity index (χ2n) is 4.30. The second-order valence-corrected chi connectivity index (χ2v) is 5.49. The number of thioether (sulfide) groups is 1. The van der Waals surface area contributed by atoms with Gasteiger partial charge in [0.2, 0.25) is 5.83 Å². The Morgan fingerprint density at radius 3 is 1.92 bits per heavy atom. The molecule has 14 heteroatoms. The summed E-state index contributed by atoms with van der Waals surface area (Å²) in [7, 11) is 0. The summed E-state index contributed by atoms with van der Waals surface area (Å²) in [4.78, 5) is 5.96. The summed E-state index contributed by atoms with van der Waals surface area (Å²) in [5.41, 5.74) is -2.80. The summed E-state index contributed by atoms with van der Waals surface area (Å²) >= 11 is -1.09. The maximum absolute atomic E-state index is 13.4. The molecule has 0 saturated heterocycles. The molecule has 0 amide bonds. The van der Waals surface area contributed by atoms with Crippen LogP contribution in [0.1, 0.15) is 0 Å². The molecule has 1 aromatic heterocycles. The van der Waals surface area contributed by atoms with Gasteiger partial charge in [0.1, 0.15) is 12.0 Å². The first-order valence-corrected chi connectivity index (χ1v) is 6.40. The van der Waals surface area contributed by atoms with E-state index in [2.05, 4.69) is 9.98 Å². The fourth-order valence-electron chi connectivity index (χ4n) is 1.75. The third-order valence-corrected chi connectivity index (χ3v) is 4.21. The number of hydrogen-bond donors (Lipinski definition) is 0. The van der Waals surface area contributed by atoms with Crippen molar-refractivity contribution in [1.29, 1.82) is 0 Å². The van der Waals surface area contributed by atoms with Crippen LogP contribution < -0.4 is 0 Å². The molecular formula is C10H3F10N3S. The Kier molecular flexibility index (Phi) is 4.18. The van der Waals surface area contributed by atoms with E-state index in [1.807, 2.05) is 0 Å². The van der Waals surface area contributed by atoms with Gasteiger partial charge in [0.15, 0.2) is 5.17 Å². The molecule has 2 heterocycles. The first-order valence-electron chi connectivity index (χ1n) is 5.59. The molecule has 0 aromatic carbocycles. The minimum atomic E-state index is -6.31. The van der Waals surface area contributed by atoms with E-state index in [4.69, 9.17) is 0 Å². The van der Waals surface area contributed by atoms with Crippen LogP contribution >= 0.6 is 11.8 Å². The molecule has 0 unspecified atom stereocenters. The Labute approximate surface area is 130 Å². The van der Waals surface area contributed by atoms with Crippen LogP contribution in [-0.2, 0) is 0 Å². The molecule has 0 atom stereocenters. The van der Waals surface area contributed by atoms with Gasteiger partial charge >= 0.3 is 18.5 Å². The Morgan fingerprint density at radius 2 is 1.54 bits per heavy atom. The van der Waals surface area contributed by atoms with Gasteiger partial charge in [-0.1, -0.05) is 11.8 Å². The zero-order valence-electron chi connectivity index (χ0n) is 10.8. The highest BCUT2D eigenvalue weighted by atomic mass is 32.2.